The molecule has 4 rings (SSSR count). The minimum absolute atomic E-state index is 0.195. The molecule has 3 nitrogen and oxygen atoms in total. The predicted octanol–water partition coefficient (Wildman–Crippen LogP) is 4.30. The molecule has 1 aliphatic rings. The summed E-state index contributed by atoms with van der Waals surface area (Å²) in [6.45, 7) is 0. The molecule has 1 unspecified atom stereocenters. The number of halogens is 1. The van der Waals surface area contributed by atoms with Crippen LogP contribution >= 0.6 is 0 Å². The summed E-state index contributed by atoms with van der Waals surface area (Å²) in [6.07, 6.45) is 3.61. The van der Waals surface area contributed by atoms with Crippen LogP contribution in [0, 0.1) is 0 Å². The van der Waals surface area contributed by atoms with Gasteiger partial charge in [0.2, 0.25) is 5.79 Å². The van der Waals surface area contributed by atoms with E-state index in [0.717, 1.165) is 5.69 Å². The number of carbonyl (C=O) groups is 1. The van der Waals surface area contributed by atoms with E-state index < -0.39 is 5.79 Å². The lowest BCUT2D eigenvalue weighted by molar-refractivity contribution is 0.0860. The van der Waals surface area contributed by atoms with Gasteiger partial charge in [0, 0.05) is 34.9 Å². The van der Waals surface area contributed by atoms with Gasteiger partial charge in [-0.2, -0.15) is 0 Å². The fraction of sp³-hybridized carbons (Fsp3) is 0.105. The molecule has 1 aromatic heterocycles. The second-order valence-electron chi connectivity index (χ2n) is 5.71. The topological polar surface area (TPSA) is 34.0 Å². The molecule has 1 aliphatic heterocycles. The van der Waals surface area contributed by atoms with Crippen molar-refractivity contribution >= 4 is 11.5 Å². The lowest BCUT2D eigenvalue weighted by Gasteiger charge is -2.33. The average molecular weight is 306 g/mol. The van der Waals surface area contributed by atoms with E-state index in [1.165, 1.54) is 0 Å². The van der Waals surface area contributed by atoms with Crippen LogP contribution in [0.5, 0.6) is 0 Å². The van der Waals surface area contributed by atoms with Gasteiger partial charge in [-0.25, -0.2) is 4.39 Å². The second-order valence-corrected chi connectivity index (χ2v) is 5.71. The predicted molar refractivity (Wildman–Crippen MR) is 87.6 cm³/mol. The highest BCUT2D eigenvalue weighted by Gasteiger charge is 2.39. The molecular weight excluding hydrogens is 291 g/mol. The van der Waals surface area contributed by atoms with Crippen molar-refractivity contribution in [3.63, 3.8) is 0 Å². The van der Waals surface area contributed by atoms with E-state index in [2.05, 4.69) is 5.32 Å². The van der Waals surface area contributed by atoms with Crippen LogP contribution in [0.4, 0.5) is 10.1 Å². The summed E-state index contributed by atoms with van der Waals surface area (Å²) in [6, 6.07) is 18.0. The third-order valence-corrected chi connectivity index (χ3v) is 4.17. The number of aromatic nitrogens is 1. The molecule has 1 atom stereocenters. The van der Waals surface area contributed by atoms with Crippen LogP contribution in [0.25, 0.3) is 5.69 Å². The van der Waals surface area contributed by atoms with Crippen molar-refractivity contribution < 1.29 is 9.18 Å². The molecule has 0 radical (unpaired) electrons. The van der Waals surface area contributed by atoms with E-state index in [1.54, 1.807) is 36.4 Å². The summed E-state index contributed by atoms with van der Waals surface area (Å²) in [5.41, 5.74) is 2.41. The SMILES string of the molecule is O=C1CC(F)(c2ccccc2)Nc2ccc(-n3cccc3)cc21. The number of fused-ring (bicyclic) bond motifs is 1. The van der Waals surface area contributed by atoms with E-state index in [9.17, 15) is 4.79 Å². The molecule has 0 saturated heterocycles. The van der Waals surface area contributed by atoms with Crippen molar-refractivity contribution in [2.45, 2.75) is 12.2 Å². The van der Waals surface area contributed by atoms with Crippen molar-refractivity contribution in [3.8, 4) is 5.69 Å². The standard InChI is InChI=1S/C19H15FN2O/c20-19(14-6-2-1-3-7-14)13-18(23)16-12-15(8-9-17(16)21-19)22-10-4-5-11-22/h1-12,21H,13H2. The van der Waals surface area contributed by atoms with Crippen molar-refractivity contribution in [2.24, 2.45) is 0 Å². The Morgan fingerprint density at radius 2 is 1.74 bits per heavy atom. The summed E-state index contributed by atoms with van der Waals surface area (Å²) in [5.74, 6) is -2.06. The molecule has 1 N–H and O–H groups in total. The zero-order valence-corrected chi connectivity index (χ0v) is 12.4. The Hall–Kier alpha value is -2.88. The van der Waals surface area contributed by atoms with E-state index in [-0.39, 0.29) is 12.2 Å². The van der Waals surface area contributed by atoms with Crippen molar-refractivity contribution in [3.05, 3.63) is 84.2 Å². The van der Waals surface area contributed by atoms with Crippen molar-refractivity contribution in [1.82, 2.24) is 4.57 Å². The molecule has 2 heterocycles. The molecule has 4 heteroatoms. The maximum atomic E-state index is 15.3. The number of ketones is 1. The maximum Gasteiger partial charge on any atom is 0.213 e. The van der Waals surface area contributed by atoms with Gasteiger partial charge >= 0.3 is 0 Å². The first-order chi connectivity index (χ1) is 11.2. The fourth-order valence-electron chi connectivity index (χ4n) is 2.99. The fourth-order valence-corrected chi connectivity index (χ4v) is 2.99. The Morgan fingerprint density at radius 1 is 1.00 bits per heavy atom. The monoisotopic (exact) mass is 306 g/mol. The van der Waals surface area contributed by atoms with Crippen LogP contribution in [-0.4, -0.2) is 10.4 Å². The number of rotatable bonds is 2. The molecule has 23 heavy (non-hydrogen) atoms. The largest absolute Gasteiger partial charge is 0.349 e. The van der Waals surface area contributed by atoms with Gasteiger partial charge in [-0.05, 0) is 30.3 Å². The molecule has 0 fully saturated rings. The molecule has 0 aliphatic carbocycles. The van der Waals surface area contributed by atoms with Crippen LogP contribution in [0.1, 0.15) is 22.3 Å². The smallest absolute Gasteiger partial charge is 0.213 e. The maximum absolute atomic E-state index is 15.3. The Balaban J connectivity index is 1.75. The number of nitrogens with zero attached hydrogens (tertiary/aromatic N) is 1. The number of hydrogen-bond donors (Lipinski definition) is 1. The van der Waals surface area contributed by atoms with E-state index in [1.807, 2.05) is 41.2 Å². The quantitative estimate of drug-likeness (QED) is 0.716. The molecule has 3 aromatic rings. The minimum Gasteiger partial charge on any atom is -0.349 e. The number of benzene rings is 2. The molecule has 2 aromatic carbocycles. The van der Waals surface area contributed by atoms with Crippen molar-refractivity contribution in [1.29, 1.82) is 0 Å². The van der Waals surface area contributed by atoms with Gasteiger partial charge in [0.05, 0.1) is 6.42 Å². The molecule has 0 spiro atoms. The third-order valence-electron chi connectivity index (χ3n) is 4.17. The van der Waals surface area contributed by atoms with Gasteiger partial charge in [-0.1, -0.05) is 30.3 Å². The molecule has 0 bridgehead atoms. The minimum atomic E-state index is -1.86. The zero-order valence-electron chi connectivity index (χ0n) is 12.4. The Labute approximate surface area is 133 Å². The van der Waals surface area contributed by atoms with Crippen LogP contribution in [0.15, 0.2) is 73.1 Å². The van der Waals surface area contributed by atoms with E-state index >= 15 is 4.39 Å². The Kier molecular flexibility index (Phi) is 3.05. The van der Waals surface area contributed by atoms with Crippen LogP contribution < -0.4 is 5.32 Å². The highest BCUT2D eigenvalue weighted by molar-refractivity contribution is 6.04. The summed E-state index contributed by atoms with van der Waals surface area (Å²) in [4.78, 5) is 12.5. The molecule has 0 saturated carbocycles. The highest BCUT2D eigenvalue weighted by atomic mass is 19.1. The lowest BCUT2D eigenvalue weighted by atomic mass is 9.90. The van der Waals surface area contributed by atoms with E-state index in [0.29, 0.717) is 16.8 Å². The number of carbonyl (C=O) groups excluding carboxylic acids is 1. The number of nitrogens with one attached hydrogen (secondary N) is 1. The van der Waals surface area contributed by atoms with Crippen LogP contribution in [0.3, 0.4) is 0 Å². The number of alkyl halides is 1. The lowest BCUT2D eigenvalue weighted by Crippen LogP contribution is -2.37. The summed E-state index contributed by atoms with van der Waals surface area (Å²) < 4.78 is 17.2. The van der Waals surface area contributed by atoms with Gasteiger partial charge in [-0.3, -0.25) is 4.79 Å². The Bertz CT molecular complexity index is 858. The second kappa shape index (κ2) is 5.09. The highest BCUT2D eigenvalue weighted by Crippen LogP contribution is 2.39. The molecule has 114 valence electrons. The van der Waals surface area contributed by atoms with Gasteiger partial charge in [0.1, 0.15) is 0 Å². The van der Waals surface area contributed by atoms with Gasteiger partial charge in [0.15, 0.2) is 5.78 Å². The Morgan fingerprint density at radius 3 is 2.48 bits per heavy atom. The first kappa shape index (κ1) is 13.8. The summed E-state index contributed by atoms with van der Waals surface area (Å²) in [7, 11) is 0. The summed E-state index contributed by atoms with van der Waals surface area (Å²) >= 11 is 0. The number of anilines is 1. The average Bonchev–Trinajstić information content (AvgIpc) is 3.10. The number of hydrogen-bond acceptors (Lipinski definition) is 2. The van der Waals surface area contributed by atoms with Crippen LogP contribution in [-0.2, 0) is 5.79 Å². The molecule has 0 amide bonds. The van der Waals surface area contributed by atoms with E-state index in [4.69, 9.17) is 0 Å². The van der Waals surface area contributed by atoms with Crippen molar-refractivity contribution in [2.75, 3.05) is 5.32 Å². The van der Waals surface area contributed by atoms with Gasteiger partial charge in [-0.15, -0.1) is 0 Å². The third kappa shape index (κ3) is 2.32. The normalized spacial score (nSPS) is 20.0. The zero-order chi connectivity index (χ0) is 15.9. The summed E-state index contributed by atoms with van der Waals surface area (Å²) in [5, 5.41) is 2.90. The first-order valence-electron chi connectivity index (χ1n) is 7.49. The van der Waals surface area contributed by atoms with Gasteiger partial charge < -0.3 is 9.88 Å². The molecular formula is C19H15FN2O. The number of Topliss-reactive ketones (excluding diaryl/α,β-unsaturated/α-hetero) is 1. The first-order valence-corrected chi connectivity index (χ1v) is 7.49. The van der Waals surface area contributed by atoms with Crippen LogP contribution in [0.2, 0.25) is 0 Å². The van der Waals surface area contributed by atoms with Gasteiger partial charge in [0.25, 0.3) is 0 Å².